The van der Waals surface area contributed by atoms with Crippen LogP contribution in [0.4, 0.5) is 10.1 Å². The van der Waals surface area contributed by atoms with Gasteiger partial charge in [0.05, 0.1) is 18.0 Å². The number of benzene rings is 1. The molecule has 0 radical (unpaired) electrons. The Morgan fingerprint density at radius 3 is 2.45 bits per heavy atom. The second-order valence-electron chi connectivity index (χ2n) is 5.45. The topological polar surface area (TPSA) is 57.7 Å². The van der Waals surface area contributed by atoms with Gasteiger partial charge in [0.15, 0.2) is 0 Å². The number of anilines is 1. The van der Waals surface area contributed by atoms with Crippen LogP contribution >= 0.6 is 0 Å². The standard InChI is InChI=1S/C15H17FN2O3S/c16-13-3-1-8-17(11-13)15(19)12-4-6-14(7-5-12)18-9-2-10-22(18,20)21/h3-7H,1-2,8-11H2. The van der Waals surface area contributed by atoms with Crippen LogP contribution in [0.1, 0.15) is 23.2 Å². The number of amides is 1. The second kappa shape index (κ2) is 5.72. The first kappa shape index (κ1) is 15.0. The minimum Gasteiger partial charge on any atom is -0.332 e. The van der Waals surface area contributed by atoms with Crippen LogP contribution in [-0.2, 0) is 10.0 Å². The maximum absolute atomic E-state index is 13.3. The lowest BCUT2D eigenvalue weighted by Crippen LogP contribution is -2.35. The van der Waals surface area contributed by atoms with Gasteiger partial charge < -0.3 is 4.90 Å². The Balaban J connectivity index is 1.77. The van der Waals surface area contributed by atoms with Crippen LogP contribution in [0.3, 0.4) is 0 Å². The van der Waals surface area contributed by atoms with E-state index in [-0.39, 0.29) is 24.0 Å². The molecular weight excluding hydrogens is 307 g/mol. The predicted octanol–water partition coefficient (Wildman–Crippen LogP) is 1.93. The van der Waals surface area contributed by atoms with Crippen molar-refractivity contribution in [3.8, 4) is 0 Å². The molecule has 1 aromatic carbocycles. The molecule has 0 unspecified atom stereocenters. The summed E-state index contributed by atoms with van der Waals surface area (Å²) in [5.74, 6) is -0.369. The molecular formula is C15H17FN2O3S. The zero-order valence-corrected chi connectivity index (χ0v) is 12.9. The summed E-state index contributed by atoms with van der Waals surface area (Å²) in [5, 5.41) is 0. The molecule has 7 heteroatoms. The molecule has 3 rings (SSSR count). The van der Waals surface area contributed by atoms with Crippen molar-refractivity contribution in [2.45, 2.75) is 12.8 Å². The molecule has 1 fully saturated rings. The van der Waals surface area contributed by atoms with E-state index in [1.165, 1.54) is 15.3 Å². The zero-order chi connectivity index (χ0) is 15.7. The van der Waals surface area contributed by atoms with Crippen molar-refractivity contribution in [3.05, 3.63) is 41.7 Å². The minimum absolute atomic E-state index is 0.00108. The molecule has 2 aliphatic heterocycles. The molecule has 1 aromatic rings. The molecule has 0 atom stereocenters. The van der Waals surface area contributed by atoms with Gasteiger partial charge in [-0.05, 0) is 43.2 Å². The number of sulfonamides is 1. The van der Waals surface area contributed by atoms with E-state index in [1.54, 1.807) is 24.3 Å². The van der Waals surface area contributed by atoms with Crippen molar-refractivity contribution < 1.29 is 17.6 Å². The number of hydrogen-bond donors (Lipinski definition) is 0. The summed E-state index contributed by atoms with van der Waals surface area (Å²) in [7, 11) is -3.22. The van der Waals surface area contributed by atoms with E-state index in [2.05, 4.69) is 0 Å². The molecule has 1 saturated heterocycles. The summed E-state index contributed by atoms with van der Waals surface area (Å²) in [5.41, 5.74) is 1.01. The molecule has 22 heavy (non-hydrogen) atoms. The monoisotopic (exact) mass is 324 g/mol. The first-order valence-electron chi connectivity index (χ1n) is 7.22. The van der Waals surface area contributed by atoms with Crippen LogP contribution in [0.2, 0.25) is 0 Å². The highest BCUT2D eigenvalue weighted by Crippen LogP contribution is 2.24. The van der Waals surface area contributed by atoms with Crippen LogP contribution in [0, 0.1) is 0 Å². The van der Waals surface area contributed by atoms with Crippen molar-refractivity contribution in [1.82, 2.24) is 4.90 Å². The van der Waals surface area contributed by atoms with Gasteiger partial charge in [-0.3, -0.25) is 9.10 Å². The third-order valence-electron chi connectivity index (χ3n) is 3.90. The molecule has 0 saturated carbocycles. The lowest BCUT2D eigenvalue weighted by atomic mass is 10.1. The van der Waals surface area contributed by atoms with Crippen molar-refractivity contribution in [1.29, 1.82) is 0 Å². The van der Waals surface area contributed by atoms with Crippen LogP contribution < -0.4 is 4.31 Å². The summed E-state index contributed by atoms with van der Waals surface area (Å²) in [6, 6.07) is 6.46. The van der Waals surface area contributed by atoms with Crippen molar-refractivity contribution >= 4 is 21.6 Å². The van der Waals surface area contributed by atoms with E-state index in [0.29, 0.717) is 37.2 Å². The lowest BCUT2D eigenvalue weighted by Gasteiger charge is -2.25. The fourth-order valence-electron chi connectivity index (χ4n) is 2.76. The number of halogens is 1. The van der Waals surface area contributed by atoms with Gasteiger partial charge in [0, 0.05) is 18.7 Å². The van der Waals surface area contributed by atoms with Crippen molar-refractivity contribution in [3.63, 3.8) is 0 Å². The van der Waals surface area contributed by atoms with Gasteiger partial charge in [0.1, 0.15) is 5.83 Å². The fraction of sp³-hybridized carbons (Fsp3) is 0.400. The molecule has 0 N–H and O–H groups in total. The smallest absolute Gasteiger partial charge is 0.254 e. The predicted molar refractivity (Wildman–Crippen MR) is 81.9 cm³/mol. The Bertz CT molecular complexity index is 713. The van der Waals surface area contributed by atoms with E-state index in [1.807, 2.05) is 0 Å². The third-order valence-corrected chi connectivity index (χ3v) is 5.77. The second-order valence-corrected chi connectivity index (χ2v) is 7.47. The van der Waals surface area contributed by atoms with Gasteiger partial charge in [-0.25, -0.2) is 12.8 Å². The normalized spacial score (nSPS) is 20.9. The Morgan fingerprint density at radius 2 is 1.86 bits per heavy atom. The third kappa shape index (κ3) is 2.85. The van der Waals surface area contributed by atoms with Gasteiger partial charge in [-0.15, -0.1) is 0 Å². The quantitative estimate of drug-likeness (QED) is 0.835. The Morgan fingerprint density at radius 1 is 1.14 bits per heavy atom. The number of hydrogen-bond acceptors (Lipinski definition) is 3. The molecule has 0 bridgehead atoms. The van der Waals surface area contributed by atoms with E-state index in [9.17, 15) is 17.6 Å². The average molecular weight is 324 g/mol. The molecule has 118 valence electrons. The average Bonchev–Trinajstić information content (AvgIpc) is 2.86. The molecule has 0 aromatic heterocycles. The van der Waals surface area contributed by atoms with Gasteiger partial charge in [-0.1, -0.05) is 0 Å². The Labute approximate surface area is 129 Å². The van der Waals surface area contributed by atoms with E-state index >= 15 is 0 Å². The van der Waals surface area contributed by atoms with Crippen LogP contribution in [0.5, 0.6) is 0 Å². The van der Waals surface area contributed by atoms with Crippen LogP contribution in [0.25, 0.3) is 0 Å². The first-order valence-corrected chi connectivity index (χ1v) is 8.82. The largest absolute Gasteiger partial charge is 0.332 e. The summed E-state index contributed by atoms with van der Waals surface area (Å²) in [6.45, 7) is 0.966. The SMILES string of the molecule is O=C(c1ccc(N2CCCS2(=O)=O)cc1)N1CCC=C(F)C1. The molecule has 2 aliphatic rings. The lowest BCUT2D eigenvalue weighted by molar-refractivity contribution is 0.0755. The molecule has 1 amide bonds. The number of carbonyl (C=O) groups is 1. The molecule has 0 aliphatic carbocycles. The molecule has 2 heterocycles. The van der Waals surface area contributed by atoms with E-state index < -0.39 is 10.0 Å². The highest BCUT2D eigenvalue weighted by molar-refractivity contribution is 7.93. The maximum Gasteiger partial charge on any atom is 0.254 e. The molecule has 0 spiro atoms. The van der Waals surface area contributed by atoms with Gasteiger partial charge >= 0.3 is 0 Å². The molecule has 5 nitrogen and oxygen atoms in total. The van der Waals surface area contributed by atoms with Crippen molar-refractivity contribution in [2.24, 2.45) is 0 Å². The summed E-state index contributed by atoms with van der Waals surface area (Å²) in [4.78, 5) is 13.8. The highest BCUT2D eigenvalue weighted by atomic mass is 32.2. The van der Waals surface area contributed by atoms with Crippen LogP contribution in [0.15, 0.2) is 36.2 Å². The summed E-state index contributed by atoms with van der Waals surface area (Å²) < 4.78 is 38.4. The fourth-order valence-corrected chi connectivity index (χ4v) is 4.32. The number of rotatable bonds is 2. The number of carbonyl (C=O) groups excluding carboxylic acids is 1. The van der Waals surface area contributed by atoms with Crippen LogP contribution in [-0.4, -0.2) is 44.6 Å². The van der Waals surface area contributed by atoms with Gasteiger partial charge in [0.2, 0.25) is 10.0 Å². The zero-order valence-electron chi connectivity index (χ0n) is 12.0. The van der Waals surface area contributed by atoms with E-state index in [4.69, 9.17) is 0 Å². The van der Waals surface area contributed by atoms with Gasteiger partial charge in [-0.2, -0.15) is 0 Å². The Kier molecular flexibility index (Phi) is 3.90. The highest BCUT2D eigenvalue weighted by Gasteiger charge is 2.28. The Hall–Kier alpha value is -1.89. The maximum atomic E-state index is 13.3. The van der Waals surface area contributed by atoms with Crippen molar-refractivity contribution in [2.75, 3.05) is 29.7 Å². The number of nitrogens with zero attached hydrogens (tertiary/aromatic N) is 2. The van der Waals surface area contributed by atoms with Gasteiger partial charge in [0.25, 0.3) is 5.91 Å². The summed E-state index contributed by atoms with van der Waals surface area (Å²) in [6.07, 6.45) is 2.62. The minimum atomic E-state index is -3.22. The van der Waals surface area contributed by atoms with E-state index in [0.717, 1.165) is 0 Å². The summed E-state index contributed by atoms with van der Waals surface area (Å²) >= 11 is 0. The first-order chi connectivity index (χ1) is 10.5.